The van der Waals surface area contributed by atoms with Crippen LogP contribution in [0.4, 0.5) is 8.78 Å². The maximum Gasteiger partial charge on any atom is 0.354 e. The fraction of sp³-hybridized carbons (Fsp3) is 0.385. The van der Waals surface area contributed by atoms with Crippen LogP contribution in [-0.4, -0.2) is 33.6 Å². The van der Waals surface area contributed by atoms with E-state index < -0.39 is 35.2 Å². The zero-order chi connectivity index (χ0) is 15.1. The van der Waals surface area contributed by atoms with Crippen molar-refractivity contribution in [2.24, 2.45) is 11.1 Å². The summed E-state index contributed by atoms with van der Waals surface area (Å²) in [7, 11) is 0. The number of halogens is 2. The fourth-order valence-corrected chi connectivity index (χ4v) is 2.33. The minimum atomic E-state index is -1.96. The Balaban J connectivity index is 2.44. The highest BCUT2D eigenvalue weighted by atomic mass is 19.1. The van der Waals surface area contributed by atoms with E-state index in [1.54, 1.807) is 0 Å². The molecule has 0 aromatic heterocycles. The van der Waals surface area contributed by atoms with Gasteiger partial charge >= 0.3 is 5.97 Å². The lowest BCUT2D eigenvalue weighted by atomic mass is 9.80. The van der Waals surface area contributed by atoms with Crippen molar-refractivity contribution in [3.63, 3.8) is 0 Å². The van der Waals surface area contributed by atoms with Crippen molar-refractivity contribution in [1.29, 1.82) is 0 Å². The van der Waals surface area contributed by atoms with Crippen LogP contribution < -0.4 is 0 Å². The Morgan fingerprint density at radius 1 is 1.40 bits per heavy atom. The maximum absolute atomic E-state index is 13.2. The smallest absolute Gasteiger partial charge is 0.354 e. The number of oxime groups is 1. The molecule has 20 heavy (non-hydrogen) atoms. The highest BCUT2D eigenvalue weighted by Crippen LogP contribution is 2.36. The quantitative estimate of drug-likeness (QED) is 0.883. The van der Waals surface area contributed by atoms with Crippen molar-refractivity contribution in [3.8, 4) is 0 Å². The molecular formula is C13H13F2NO4. The predicted molar refractivity (Wildman–Crippen MR) is 65.2 cm³/mol. The number of aliphatic carboxylic acids is 1. The van der Waals surface area contributed by atoms with Crippen LogP contribution in [-0.2, 0) is 9.63 Å². The molecule has 1 aromatic rings. The third kappa shape index (κ3) is 2.03. The van der Waals surface area contributed by atoms with Gasteiger partial charge in [-0.1, -0.05) is 12.1 Å². The first-order valence-corrected chi connectivity index (χ1v) is 5.93. The lowest BCUT2D eigenvalue weighted by Gasteiger charge is -2.29. The zero-order valence-electron chi connectivity index (χ0n) is 10.8. The topological polar surface area (TPSA) is 79.1 Å². The molecule has 1 aromatic carbocycles. The third-order valence-electron chi connectivity index (χ3n) is 3.46. The summed E-state index contributed by atoms with van der Waals surface area (Å²) in [6.45, 7) is 2.73. The zero-order valence-corrected chi connectivity index (χ0v) is 10.8. The molecule has 2 rings (SSSR count). The molecule has 0 fully saturated rings. The average Bonchev–Trinajstić information content (AvgIpc) is 2.66. The van der Waals surface area contributed by atoms with E-state index in [-0.39, 0.29) is 11.3 Å². The molecule has 2 N–H and O–H groups in total. The summed E-state index contributed by atoms with van der Waals surface area (Å²) in [6, 6.07) is 2.76. The predicted octanol–water partition coefficient (Wildman–Crippen LogP) is 1.54. The van der Waals surface area contributed by atoms with E-state index >= 15 is 0 Å². The first-order chi connectivity index (χ1) is 9.29. The Morgan fingerprint density at radius 3 is 2.35 bits per heavy atom. The van der Waals surface area contributed by atoms with E-state index in [1.807, 2.05) is 0 Å². The molecule has 3 unspecified atom stereocenters. The maximum atomic E-state index is 13.2. The normalized spacial score (nSPS) is 26.9. The van der Waals surface area contributed by atoms with Gasteiger partial charge in [0, 0.05) is 11.6 Å². The average molecular weight is 285 g/mol. The van der Waals surface area contributed by atoms with Gasteiger partial charge < -0.3 is 15.1 Å². The molecule has 0 saturated heterocycles. The van der Waals surface area contributed by atoms with Crippen molar-refractivity contribution < 1.29 is 28.6 Å². The van der Waals surface area contributed by atoms with Crippen LogP contribution >= 0.6 is 0 Å². The molecule has 0 amide bonds. The minimum Gasteiger partial charge on any atom is -0.478 e. The number of aliphatic hydroxyl groups excluding tert-OH is 1. The second-order valence-corrected chi connectivity index (χ2v) is 4.72. The van der Waals surface area contributed by atoms with Gasteiger partial charge in [-0.05, 0) is 19.1 Å². The fourth-order valence-electron chi connectivity index (χ4n) is 2.33. The molecule has 1 aliphatic rings. The van der Waals surface area contributed by atoms with Crippen LogP contribution in [0.25, 0.3) is 0 Å². The Labute approximate surface area is 113 Å². The molecular weight excluding hydrogens is 272 g/mol. The number of hydrogen-bond acceptors (Lipinski definition) is 4. The number of carbonyl (C=O) groups is 1. The standard InChI is InChI=1S/C13H13F2NO4/c1-6-11(8-3-9(14)5-10(15)4-8)16-20-13(6,7(2)17)12(18)19/h3-7,17H,1-2H3,(H,18,19). The highest BCUT2D eigenvalue weighted by Gasteiger charge is 2.57. The van der Waals surface area contributed by atoms with Crippen LogP contribution in [0.3, 0.4) is 0 Å². The molecule has 3 atom stereocenters. The van der Waals surface area contributed by atoms with E-state index in [4.69, 9.17) is 4.84 Å². The molecule has 0 bridgehead atoms. The lowest BCUT2D eigenvalue weighted by molar-refractivity contribution is -0.182. The van der Waals surface area contributed by atoms with Gasteiger partial charge in [0.2, 0.25) is 0 Å². The number of aliphatic hydroxyl groups is 1. The van der Waals surface area contributed by atoms with Gasteiger partial charge in [-0.15, -0.1) is 0 Å². The second-order valence-electron chi connectivity index (χ2n) is 4.72. The molecule has 1 aliphatic heterocycles. The van der Waals surface area contributed by atoms with Crippen LogP contribution in [0.15, 0.2) is 23.4 Å². The van der Waals surface area contributed by atoms with Gasteiger partial charge in [-0.25, -0.2) is 13.6 Å². The summed E-state index contributed by atoms with van der Waals surface area (Å²) in [5.74, 6) is -3.88. The molecule has 1 heterocycles. The summed E-state index contributed by atoms with van der Waals surface area (Å²) >= 11 is 0. The van der Waals surface area contributed by atoms with Crippen molar-refractivity contribution in [2.45, 2.75) is 25.6 Å². The highest BCUT2D eigenvalue weighted by molar-refractivity contribution is 6.06. The van der Waals surface area contributed by atoms with Crippen LogP contribution in [0.2, 0.25) is 0 Å². The van der Waals surface area contributed by atoms with Crippen LogP contribution in [0, 0.1) is 17.6 Å². The number of benzene rings is 1. The molecule has 0 spiro atoms. The second kappa shape index (κ2) is 4.82. The van der Waals surface area contributed by atoms with Crippen molar-refractivity contribution in [2.75, 3.05) is 0 Å². The Kier molecular flexibility index (Phi) is 3.47. The van der Waals surface area contributed by atoms with Crippen LogP contribution in [0.5, 0.6) is 0 Å². The molecule has 0 radical (unpaired) electrons. The van der Waals surface area contributed by atoms with Gasteiger partial charge in [-0.3, -0.25) is 0 Å². The number of carboxylic acid groups (broad SMARTS) is 1. The summed E-state index contributed by atoms with van der Waals surface area (Å²) in [5.41, 5.74) is -1.80. The number of carboxylic acids is 1. The Hall–Kier alpha value is -2.02. The third-order valence-corrected chi connectivity index (χ3v) is 3.46. The van der Waals surface area contributed by atoms with E-state index in [9.17, 15) is 23.8 Å². The molecule has 7 heteroatoms. The monoisotopic (exact) mass is 285 g/mol. The first kappa shape index (κ1) is 14.4. The molecule has 5 nitrogen and oxygen atoms in total. The lowest BCUT2D eigenvalue weighted by Crippen LogP contribution is -2.53. The van der Waals surface area contributed by atoms with E-state index in [2.05, 4.69) is 5.16 Å². The van der Waals surface area contributed by atoms with Crippen molar-refractivity contribution in [1.82, 2.24) is 0 Å². The van der Waals surface area contributed by atoms with E-state index in [0.29, 0.717) is 6.07 Å². The SMILES string of the molecule is CC(O)C1(C(=O)O)ON=C(c2cc(F)cc(F)c2)C1C. The first-order valence-electron chi connectivity index (χ1n) is 5.93. The summed E-state index contributed by atoms with van der Waals surface area (Å²) in [6.07, 6.45) is -1.35. The van der Waals surface area contributed by atoms with E-state index in [1.165, 1.54) is 13.8 Å². The van der Waals surface area contributed by atoms with Crippen molar-refractivity contribution >= 4 is 11.7 Å². The number of nitrogens with zero attached hydrogens (tertiary/aromatic N) is 1. The summed E-state index contributed by atoms with van der Waals surface area (Å²) in [5, 5.41) is 22.6. The van der Waals surface area contributed by atoms with Crippen LogP contribution in [0.1, 0.15) is 19.4 Å². The van der Waals surface area contributed by atoms with Gasteiger partial charge in [0.05, 0.1) is 11.6 Å². The number of rotatable bonds is 3. The Morgan fingerprint density at radius 2 is 1.95 bits per heavy atom. The molecule has 0 aliphatic carbocycles. The van der Waals surface area contributed by atoms with Crippen molar-refractivity contribution in [3.05, 3.63) is 35.4 Å². The van der Waals surface area contributed by atoms with Gasteiger partial charge in [0.25, 0.3) is 5.60 Å². The Bertz CT molecular complexity index is 567. The van der Waals surface area contributed by atoms with Gasteiger partial charge in [0.1, 0.15) is 17.7 Å². The summed E-state index contributed by atoms with van der Waals surface area (Å²) < 4.78 is 26.4. The minimum absolute atomic E-state index is 0.0756. The summed E-state index contributed by atoms with van der Waals surface area (Å²) in [4.78, 5) is 16.3. The number of hydrogen-bond donors (Lipinski definition) is 2. The molecule has 0 saturated carbocycles. The molecule has 108 valence electrons. The van der Waals surface area contributed by atoms with E-state index in [0.717, 1.165) is 12.1 Å². The van der Waals surface area contributed by atoms with Gasteiger partial charge in [0.15, 0.2) is 0 Å². The largest absolute Gasteiger partial charge is 0.478 e. The van der Waals surface area contributed by atoms with Gasteiger partial charge in [-0.2, -0.15) is 0 Å².